The van der Waals surface area contributed by atoms with E-state index < -0.39 is 0 Å². The number of nitrogen functional groups attached to an aromatic ring is 1. The first-order valence-electron chi connectivity index (χ1n) is 7.66. The van der Waals surface area contributed by atoms with Crippen molar-refractivity contribution in [3.63, 3.8) is 0 Å². The molecule has 3 aromatic rings. The van der Waals surface area contributed by atoms with Gasteiger partial charge in [-0.3, -0.25) is 4.79 Å². The average molecular weight is 401 g/mol. The summed E-state index contributed by atoms with van der Waals surface area (Å²) in [5.74, 6) is 0.506. The third kappa shape index (κ3) is 3.41. The van der Waals surface area contributed by atoms with Crippen LogP contribution < -0.4 is 15.8 Å². The van der Waals surface area contributed by atoms with Crippen molar-refractivity contribution in [3.05, 3.63) is 57.8 Å². The molecule has 7 heteroatoms. The normalized spacial score (nSPS) is 10.7. The first-order chi connectivity index (χ1) is 12.0. The number of aryl methyl sites for hydroxylation is 1. The van der Waals surface area contributed by atoms with Crippen molar-refractivity contribution in [2.24, 2.45) is 0 Å². The summed E-state index contributed by atoms with van der Waals surface area (Å²) in [6.45, 7) is 1.82. The van der Waals surface area contributed by atoms with Crippen LogP contribution in [0.1, 0.15) is 21.7 Å². The van der Waals surface area contributed by atoms with Gasteiger partial charge in [0.25, 0.3) is 5.91 Å². The fourth-order valence-corrected chi connectivity index (χ4v) is 3.26. The number of hydrogen-bond acceptors (Lipinski definition) is 5. The number of amides is 1. The summed E-state index contributed by atoms with van der Waals surface area (Å²) in [4.78, 5) is 20.4. The lowest BCUT2D eigenvalue weighted by Gasteiger charge is -2.13. The van der Waals surface area contributed by atoms with Crippen molar-refractivity contribution >= 4 is 38.6 Å². The maximum atomic E-state index is 12.1. The van der Waals surface area contributed by atoms with Crippen LogP contribution in [0.25, 0.3) is 10.8 Å². The maximum Gasteiger partial charge on any atom is 0.254 e. The minimum Gasteiger partial charge on any atom is -0.486 e. The zero-order valence-corrected chi connectivity index (χ0v) is 15.4. The molecule has 2 aromatic carbocycles. The third-order valence-corrected chi connectivity index (χ3v) is 4.65. The van der Waals surface area contributed by atoms with Gasteiger partial charge >= 0.3 is 0 Å². The topological polar surface area (TPSA) is 90.1 Å². The molecule has 0 atom stereocenters. The highest BCUT2D eigenvalue weighted by Gasteiger charge is 2.18. The van der Waals surface area contributed by atoms with Gasteiger partial charge in [-0.1, -0.05) is 30.3 Å². The monoisotopic (exact) mass is 400 g/mol. The number of benzene rings is 2. The molecule has 0 bridgehead atoms. The molecule has 3 rings (SSSR count). The van der Waals surface area contributed by atoms with Crippen molar-refractivity contribution in [2.75, 3.05) is 12.8 Å². The van der Waals surface area contributed by atoms with Crippen LogP contribution in [-0.2, 0) is 6.61 Å². The van der Waals surface area contributed by atoms with Gasteiger partial charge in [0.15, 0.2) is 0 Å². The second-order valence-electron chi connectivity index (χ2n) is 5.46. The fourth-order valence-electron chi connectivity index (χ4n) is 2.65. The molecule has 3 N–H and O–H groups in total. The van der Waals surface area contributed by atoms with E-state index in [1.54, 1.807) is 14.0 Å². The molecule has 1 heterocycles. The van der Waals surface area contributed by atoms with Gasteiger partial charge in [-0.05, 0) is 39.7 Å². The Kier molecular flexibility index (Phi) is 4.85. The molecule has 0 aliphatic heterocycles. The Bertz CT molecular complexity index is 959. The SMILES string of the molecule is CNC(=O)c1c(C)nc(N)nc1COc1ccc2ccccc2c1Br. The van der Waals surface area contributed by atoms with Gasteiger partial charge in [-0.25, -0.2) is 9.97 Å². The average Bonchev–Trinajstić information content (AvgIpc) is 2.60. The van der Waals surface area contributed by atoms with Gasteiger partial charge in [0.1, 0.15) is 12.4 Å². The molecule has 128 valence electrons. The van der Waals surface area contributed by atoms with Gasteiger partial charge in [0.2, 0.25) is 5.95 Å². The predicted molar refractivity (Wildman–Crippen MR) is 101 cm³/mol. The fraction of sp³-hybridized carbons (Fsp3) is 0.167. The number of hydrogen-bond donors (Lipinski definition) is 2. The molecular weight excluding hydrogens is 384 g/mol. The molecule has 0 unspecified atom stereocenters. The van der Waals surface area contributed by atoms with Crippen LogP contribution in [0.3, 0.4) is 0 Å². The molecule has 1 aromatic heterocycles. The van der Waals surface area contributed by atoms with E-state index in [4.69, 9.17) is 10.5 Å². The Morgan fingerprint density at radius 3 is 2.76 bits per heavy atom. The predicted octanol–water partition coefficient (Wildman–Crippen LogP) is 3.22. The molecule has 0 radical (unpaired) electrons. The molecule has 0 spiro atoms. The Morgan fingerprint density at radius 1 is 1.24 bits per heavy atom. The summed E-state index contributed by atoms with van der Waals surface area (Å²) in [6.07, 6.45) is 0. The second kappa shape index (κ2) is 7.06. The minimum atomic E-state index is -0.270. The van der Waals surface area contributed by atoms with Gasteiger partial charge in [0.05, 0.1) is 21.4 Å². The molecule has 0 fully saturated rings. The summed E-state index contributed by atoms with van der Waals surface area (Å²) < 4.78 is 6.76. The summed E-state index contributed by atoms with van der Waals surface area (Å²) in [5, 5.41) is 4.74. The van der Waals surface area contributed by atoms with E-state index in [-0.39, 0.29) is 18.5 Å². The second-order valence-corrected chi connectivity index (χ2v) is 6.25. The molecule has 25 heavy (non-hydrogen) atoms. The quantitative estimate of drug-likeness (QED) is 0.701. The first-order valence-corrected chi connectivity index (χ1v) is 8.45. The number of rotatable bonds is 4. The highest BCUT2D eigenvalue weighted by molar-refractivity contribution is 9.10. The number of fused-ring (bicyclic) bond motifs is 1. The maximum absolute atomic E-state index is 12.1. The zero-order chi connectivity index (χ0) is 18.0. The van der Waals surface area contributed by atoms with E-state index in [2.05, 4.69) is 31.2 Å². The minimum absolute atomic E-state index is 0.104. The zero-order valence-electron chi connectivity index (χ0n) is 13.8. The Balaban J connectivity index is 1.94. The van der Waals surface area contributed by atoms with Crippen molar-refractivity contribution in [1.29, 1.82) is 0 Å². The number of nitrogens with zero attached hydrogens (tertiary/aromatic N) is 2. The van der Waals surface area contributed by atoms with Crippen molar-refractivity contribution in [1.82, 2.24) is 15.3 Å². The lowest BCUT2D eigenvalue weighted by Crippen LogP contribution is -2.23. The Labute approximate surface area is 153 Å². The van der Waals surface area contributed by atoms with Crippen LogP contribution in [0.2, 0.25) is 0 Å². The van der Waals surface area contributed by atoms with E-state index in [1.165, 1.54) is 0 Å². The standard InChI is InChI=1S/C18H17BrN4O2/c1-10-15(17(24)21-2)13(23-18(20)22-10)9-25-14-8-7-11-5-3-4-6-12(11)16(14)19/h3-8H,9H2,1-2H3,(H,21,24)(H2,20,22,23). The first kappa shape index (κ1) is 17.2. The number of carbonyl (C=O) groups is 1. The van der Waals surface area contributed by atoms with Gasteiger partial charge < -0.3 is 15.8 Å². The summed E-state index contributed by atoms with van der Waals surface area (Å²) in [6, 6.07) is 11.8. The number of ether oxygens (including phenoxy) is 1. The van der Waals surface area contributed by atoms with E-state index in [0.29, 0.717) is 22.7 Å². The molecule has 0 saturated carbocycles. The van der Waals surface area contributed by atoms with Crippen LogP contribution in [0.15, 0.2) is 40.9 Å². The van der Waals surface area contributed by atoms with Crippen LogP contribution in [-0.4, -0.2) is 22.9 Å². The molecule has 1 amide bonds. The van der Waals surface area contributed by atoms with E-state index in [0.717, 1.165) is 15.2 Å². The Hall–Kier alpha value is -2.67. The van der Waals surface area contributed by atoms with Crippen LogP contribution in [0, 0.1) is 6.92 Å². The van der Waals surface area contributed by atoms with Crippen LogP contribution in [0.5, 0.6) is 5.75 Å². The number of carbonyl (C=O) groups excluding carboxylic acids is 1. The highest BCUT2D eigenvalue weighted by atomic mass is 79.9. The van der Waals surface area contributed by atoms with Crippen LogP contribution in [0.4, 0.5) is 5.95 Å². The van der Waals surface area contributed by atoms with E-state index in [1.807, 2.05) is 36.4 Å². The summed E-state index contributed by atoms with van der Waals surface area (Å²) >= 11 is 3.58. The molecule has 0 aliphatic carbocycles. The Morgan fingerprint density at radius 2 is 2.00 bits per heavy atom. The molecular formula is C18H17BrN4O2. The van der Waals surface area contributed by atoms with Crippen molar-refractivity contribution in [3.8, 4) is 5.75 Å². The number of halogens is 1. The number of anilines is 1. The highest BCUT2D eigenvalue weighted by Crippen LogP contribution is 2.33. The lowest BCUT2D eigenvalue weighted by molar-refractivity contribution is 0.0959. The van der Waals surface area contributed by atoms with E-state index in [9.17, 15) is 4.79 Å². The van der Waals surface area contributed by atoms with Crippen molar-refractivity contribution < 1.29 is 9.53 Å². The molecule has 0 aliphatic rings. The van der Waals surface area contributed by atoms with Gasteiger partial charge in [-0.2, -0.15) is 0 Å². The summed E-state index contributed by atoms with van der Waals surface area (Å²) in [5.41, 5.74) is 7.07. The largest absolute Gasteiger partial charge is 0.486 e. The smallest absolute Gasteiger partial charge is 0.254 e. The van der Waals surface area contributed by atoms with Gasteiger partial charge in [0, 0.05) is 7.05 Å². The van der Waals surface area contributed by atoms with E-state index >= 15 is 0 Å². The molecule has 6 nitrogen and oxygen atoms in total. The molecule has 0 saturated heterocycles. The summed E-state index contributed by atoms with van der Waals surface area (Å²) in [7, 11) is 1.56. The third-order valence-electron chi connectivity index (χ3n) is 3.83. The van der Waals surface area contributed by atoms with Crippen molar-refractivity contribution in [2.45, 2.75) is 13.5 Å². The van der Waals surface area contributed by atoms with Crippen LogP contribution >= 0.6 is 15.9 Å². The lowest BCUT2D eigenvalue weighted by atomic mass is 10.1. The number of nitrogens with one attached hydrogen (secondary N) is 1. The van der Waals surface area contributed by atoms with Gasteiger partial charge in [-0.15, -0.1) is 0 Å². The number of aromatic nitrogens is 2. The number of nitrogens with two attached hydrogens (primary N) is 1.